The van der Waals surface area contributed by atoms with Crippen LogP contribution in [0.4, 0.5) is 0 Å². The van der Waals surface area contributed by atoms with Crippen LogP contribution < -0.4 is 0 Å². The first-order valence-electron chi connectivity index (χ1n) is 3.89. The lowest BCUT2D eigenvalue weighted by molar-refractivity contribution is 0.0601. The number of carbonyl (C=O) groups excluding carboxylic acids is 1. The summed E-state index contributed by atoms with van der Waals surface area (Å²) in [6.07, 6.45) is 0. The van der Waals surface area contributed by atoms with Crippen LogP contribution in [0.25, 0.3) is 0 Å². The molecule has 0 aromatic heterocycles. The molecule has 0 bridgehead atoms. The predicted molar refractivity (Wildman–Crippen MR) is 52.2 cm³/mol. The van der Waals surface area contributed by atoms with E-state index < -0.39 is 5.97 Å². The zero-order valence-corrected chi connectivity index (χ0v) is 8.55. The Morgan fingerprint density at radius 3 is 2.71 bits per heavy atom. The van der Waals surface area contributed by atoms with Gasteiger partial charge in [-0.3, -0.25) is 0 Å². The van der Waals surface area contributed by atoms with E-state index in [0.717, 1.165) is 5.56 Å². The minimum Gasteiger partial charge on any atom is -0.465 e. The lowest BCUT2D eigenvalue weighted by Gasteiger charge is -2.05. The topological polar surface area (TPSA) is 50.1 Å². The van der Waals surface area contributed by atoms with Crippen molar-refractivity contribution in [1.82, 2.24) is 0 Å². The Morgan fingerprint density at radius 1 is 1.57 bits per heavy atom. The number of carbonyl (C=O) groups is 1. The lowest BCUT2D eigenvalue weighted by atomic mass is 10.1. The van der Waals surface area contributed by atoms with E-state index in [9.17, 15) is 4.79 Å². The summed E-state index contributed by atoms with van der Waals surface area (Å²) in [6, 6.07) is 5.15. The maximum absolute atomic E-state index is 11.2. The third-order valence-corrected chi connectivity index (χ3v) is 2.26. The second-order valence-electron chi connectivity index (χ2n) is 2.72. The number of nitriles is 1. The number of hydrogen-bond acceptors (Lipinski definition) is 3. The highest BCUT2D eigenvalue weighted by Gasteiger charge is 2.15. The van der Waals surface area contributed by atoms with Gasteiger partial charge in [-0.2, -0.15) is 5.26 Å². The molecule has 4 heteroatoms. The summed E-state index contributed by atoms with van der Waals surface area (Å²) >= 11 is 5.86. The van der Waals surface area contributed by atoms with Gasteiger partial charge in [0.2, 0.25) is 0 Å². The van der Waals surface area contributed by atoms with Gasteiger partial charge in [-0.25, -0.2) is 4.79 Å². The van der Waals surface area contributed by atoms with Crippen molar-refractivity contribution in [3.05, 3.63) is 33.8 Å². The molecule has 0 saturated heterocycles. The molecule has 0 spiro atoms. The van der Waals surface area contributed by atoms with E-state index in [1.165, 1.54) is 7.11 Å². The minimum atomic E-state index is -0.536. The van der Waals surface area contributed by atoms with Gasteiger partial charge in [-0.1, -0.05) is 17.7 Å². The van der Waals surface area contributed by atoms with Crippen LogP contribution in [0.15, 0.2) is 12.1 Å². The first-order chi connectivity index (χ1) is 6.61. The smallest absolute Gasteiger partial charge is 0.339 e. The van der Waals surface area contributed by atoms with Gasteiger partial charge in [-0.15, -0.1) is 0 Å². The quantitative estimate of drug-likeness (QED) is 0.667. The Morgan fingerprint density at radius 2 is 2.21 bits per heavy atom. The number of rotatable bonds is 1. The molecule has 0 aliphatic heterocycles. The van der Waals surface area contributed by atoms with Crippen LogP contribution in [-0.2, 0) is 4.74 Å². The number of hydrogen-bond donors (Lipinski definition) is 0. The van der Waals surface area contributed by atoms with Crippen LogP contribution in [0.5, 0.6) is 0 Å². The zero-order valence-electron chi connectivity index (χ0n) is 7.80. The maximum Gasteiger partial charge on any atom is 0.339 e. The number of methoxy groups -OCH3 is 1. The van der Waals surface area contributed by atoms with Gasteiger partial charge >= 0.3 is 5.97 Å². The average molecular weight is 210 g/mol. The van der Waals surface area contributed by atoms with Gasteiger partial charge in [0.05, 0.1) is 23.3 Å². The summed E-state index contributed by atoms with van der Waals surface area (Å²) in [5, 5.41) is 8.94. The SMILES string of the molecule is COC(=O)c1ccc(C)c(C#N)c1Cl. The first kappa shape index (κ1) is 10.6. The highest BCUT2D eigenvalue weighted by molar-refractivity contribution is 6.34. The van der Waals surface area contributed by atoms with E-state index in [0.29, 0.717) is 5.56 Å². The number of esters is 1. The van der Waals surface area contributed by atoms with E-state index in [2.05, 4.69) is 4.74 Å². The Hall–Kier alpha value is -1.53. The molecule has 0 aliphatic rings. The van der Waals surface area contributed by atoms with Crippen LogP contribution >= 0.6 is 11.6 Å². The van der Waals surface area contributed by atoms with Gasteiger partial charge in [0.15, 0.2) is 0 Å². The van der Waals surface area contributed by atoms with E-state index >= 15 is 0 Å². The third-order valence-electron chi connectivity index (χ3n) is 1.87. The van der Waals surface area contributed by atoms with Crippen molar-refractivity contribution in [2.75, 3.05) is 7.11 Å². The molecule has 1 aromatic carbocycles. The normalized spacial score (nSPS) is 9.29. The van der Waals surface area contributed by atoms with E-state index in [1.807, 2.05) is 6.07 Å². The highest BCUT2D eigenvalue weighted by Crippen LogP contribution is 2.24. The summed E-state index contributed by atoms with van der Waals surface area (Å²) in [6.45, 7) is 1.76. The van der Waals surface area contributed by atoms with E-state index in [1.54, 1.807) is 19.1 Å². The van der Waals surface area contributed by atoms with Crippen LogP contribution in [0.2, 0.25) is 5.02 Å². The third kappa shape index (κ3) is 1.70. The summed E-state index contributed by atoms with van der Waals surface area (Å²) in [5.41, 5.74) is 1.27. The van der Waals surface area contributed by atoms with Gasteiger partial charge in [0.25, 0.3) is 0 Å². The molecule has 72 valence electrons. The molecule has 0 saturated carbocycles. The average Bonchev–Trinajstić information content (AvgIpc) is 2.18. The number of benzene rings is 1. The summed E-state index contributed by atoms with van der Waals surface area (Å²) in [5.74, 6) is -0.536. The molecular weight excluding hydrogens is 202 g/mol. The second kappa shape index (κ2) is 4.12. The molecule has 0 heterocycles. The van der Waals surface area contributed by atoms with Crippen molar-refractivity contribution in [1.29, 1.82) is 5.26 Å². The fourth-order valence-corrected chi connectivity index (χ4v) is 1.41. The maximum atomic E-state index is 11.2. The lowest BCUT2D eigenvalue weighted by Crippen LogP contribution is -2.03. The molecule has 0 unspecified atom stereocenters. The van der Waals surface area contributed by atoms with Crippen molar-refractivity contribution in [3.8, 4) is 6.07 Å². The Balaban J connectivity index is 3.37. The molecule has 0 atom stereocenters. The first-order valence-corrected chi connectivity index (χ1v) is 4.27. The van der Waals surface area contributed by atoms with Gasteiger partial charge < -0.3 is 4.74 Å². The number of nitrogens with zero attached hydrogens (tertiary/aromatic N) is 1. The molecule has 0 aliphatic carbocycles. The van der Waals surface area contributed by atoms with Gasteiger partial charge in [-0.05, 0) is 18.6 Å². The monoisotopic (exact) mass is 209 g/mol. The molecule has 0 N–H and O–H groups in total. The van der Waals surface area contributed by atoms with Gasteiger partial charge in [0, 0.05) is 0 Å². The van der Waals surface area contributed by atoms with Crippen LogP contribution in [0.3, 0.4) is 0 Å². The van der Waals surface area contributed by atoms with Crippen LogP contribution in [-0.4, -0.2) is 13.1 Å². The molecule has 0 radical (unpaired) electrons. The van der Waals surface area contributed by atoms with Crippen LogP contribution in [0, 0.1) is 18.3 Å². The second-order valence-corrected chi connectivity index (χ2v) is 3.10. The van der Waals surface area contributed by atoms with E-state index in [4.69, 9.17) is 16.9 Å². The van der Waals surface area contributed by atoms with E-state index in [-0.39, 0.29) is 10.6 Å². The molecule has 0 amide bonds. The molecule has 1 aromatic rings. The van der Waals surface area contributed by atoms with Crippen molar-refractivity contribution in [2.24, 2.45) is 0 Å². The predicted octanol–water partition coefficient (Wildman–Crippen LogP) is 2.31. The summed E-state index contributed by atoms with van der Waals surface area (Å²) in [7, 11) is 1.27. The van der Waals surface area contributed by atoms with Gasteiger partial charge in [0.1, 0.15) is 6.07 Å². The standard InChI is InChI=1S/C10H8ClNO2/c1-6-3-4-7(10(13)14-2)9(11)8(6)5-12/h3-4H,1-2H3. The zero-order chi connectivity index (χ0) is 10.7. The molecule has 3 nitrogen and oxygen atoms in total. The largest absolute Gasteiger partial charge is 0.465 e. The highest BCUT2D eigenvalue weighted by atomic mass is 35.5. The fraction of sp³-hybridized carbons (Fsp3) is 0.200. The molecular formula is C10H8ClNO2. The Bertz CT molecular complexity index is 421. The van der Waals surface area contributed by atoms with Crippen molar-refractivity contribution in [3.63, 3.8) is 0 Å². The molecule has 14 heavy (non-hydrogen) atoms. The summed E-state index contributed by atoms with van der Waals surface area (Å²) in [4.78, 5) is 11.2. The number of aryl methyl sites for hydroxylation is 1. The molecule has 1 rings (SSSR count). The van der Waals surface area contributed by atoms with Crippen molar-refractivity contribution >= 4 is 17.6 Å². The van der Waals surface area contributed by atoms with Crippen molar-refractivity contribution < 1.29 is 9.53 Å². The fourth-order valence-electron chi connectivity index (χ4n) is 1.08. The molecule has 0 fully saturated rings. The van der Waals surface area contributed by atoms with Crippen LogP contribution in [0.1, 0.15) is 21.5 Å². The Labute approximate surface area is 86.9 Å². The number of ether oxygens (including phenoxy) is 1. The minimum absolute atomic E-state index is 0.152. The van der Waals surface area contributed by atoms with Crippen molar-refractivity contribution in [2.45, 2.75) is 6.92 Å². The number of halogens is 1. The Kier molecular flexibility index (Phi) is 3.10. The summed E-state index contributed by atoms with van der Waals surface area (Å²) < 4.78 is 4.52.